The third kappa shape index (κ3) is 4.89. The van der Waals surface area contributed by atoms with Gasteiger partial charge < -0.3 is 14.5 Å². The van der Waals surface area contributed by atoms with Crippen LogP contribution in [0.4, 0.5) is 5.13 Å². The van der Waals surface area contributed by atoms with E-state index in [0.29, 0.717) is 27.6 Å². The zero-order chi connectivity index (χ0) is 20.9. The van der Waals surface area contributed by atoms with Crippen molar-refractivity contribution in [1.82, 2.24) is 15.2 Å². The smallest absolute Gasteiger partial charge is 0.277 e. The minimum Gasteiger partial charge on any atom is -0.496 e. The zero-order valence-corrected chi connectivity index (χ0v) is 18.9. The third-order valence-corrected chi connectivity index (χ3v) is 6.07. The number of ether oxygens (including phenoxy) is 1. The van der Waals surface area contributed by atoms with Crippen LogP contribution in [0.2, 0.25) is 0 Å². The number of hydrogen-bond donors (Lipinski definition) is 1. The quantitative estimate of drug-likeness (QED) is 0.340. The molecule has 4 aromatic rings. The molecule has 152 valence electrons. The monoisotopic (exact) mass is 502 g/mol. The summed E-state index contributed by atoms with van der Waals surface area (Å²) in [5.74, 6) is 0.907. The van der Waals surface area contributed by atoms with Crippen molar-refractivity contribution in [3.8, 4) is 28.5 Å². The molecule has 10 heteroatoms. The maximum absolute atomic E-state index is 12.3. The number of thioether (sulfide) groups is 1. The van der Waals surface area contributed by atoms with Crippen LogP contribution >= 0.6 is 39.0 Å². The minimum absolute atomic E-state index is 0.126. The fraction of sp³-hybridized carbons (Fsp3) is 0.100. The van der Waals surface area contributed by atoms with Crippen molar-refractivity contribution in [2.45, 2.75) is 5.22 Å². The number of carbonyl (C=O) groups is 1. The van der Waals surface area contributed by atoms with Crippen LogP contribution in [-0.2, 0) is 4.79 Å². The van der Waals surface area contributed by atoms with E-state index in [2.05, 4.69) is 36.4 Å². The van der Waals surface area contributed by atoms with Gasteiger partial charge in [-0.1, -0.05) is 52.0 Å². The molecule has 0 aliphatic heterocycles. The van der Waals surface area contributed by atoms with Crippen LogP contribution < -0.4 is 10.1 Å². The molecular formula is C20H15BrN4O3S2. The van der Waals surface area contributed by atoms with Crippen molar-refractivity contribution in [2.24, 2.45) is 0 Å². The number of rotatable bonds is 7. The van der Waals surface area contributed by atoms with Gasteiger partial charge >= 0.3 is 0 Å². The summed E-state index contributed by atoms with van der Waals surface area (Å²) in [4.78, 5) is 16.7. The van der Waals surface area contributed by atoms with Crippen LogP contribution in [0.3, 0.4) is 0 Å². The Kier molecular flexibility index (Phi) is 6.46. The normalized spacial score (nSPS) is 10.7. The Morgan fingerprint density at radius 2 is 2.00 bits per heavy atom. The number of halogens is 1. The van der Waals surface area contributed by atoms with Crippen molar-refractivity contribution in [1.29, 1.82) is 0 Å². The highest BCUT2D eigenvalue weighted by Crippen LogP contribution is 2.30. The first kappa shape index (κ1) is 20.6. The highest BCUT2D eigenvalue weighted by molar-refractivity contribution is 9.10. The molecule has 2 aromatic heterocycles. The molecule has 30 heavy (non-hydrogen) atoms. The SMILES string of the molecule is COc1ccccc1-c1nnc(SCC(=O)Nc2nc(-c3ccc(Br)cc3)cs2)o1. The van der Waals surface area contributed by atoms with Gasteiger partial charge in [-0.2, -0.15) is 0 Å². The summed E-state index contributed by atoms with van der Waals surface area (Å²) < 4.78 is 12.0. The highest BCUT2D eigenvalue weighted by Gasteiger charge is 2.15. The van der Waals surface area contributed by atoms with E-state index in [1.165, 1.54) is 11.3 Å². The largest absolute Gasteiger partial charge is 0.496 e. The molecule has 0 radical (unpaired) electrons. The summed E-state index contributed by atoms with van der Waals surface area (Å²) in [6.45, 7) is 0. The summed E-state index contributed by atoms with van der Waals surface area (Å²) in [6, 6.07) is 15.2. The number of benzene rings is 2. The summed E-state index contributed by atoms with van der Waals surface area (Å²) in [5, 5.41) is 13.6. The van der Waals surface area contributed by atoms with Crippen LogP contribution in [0.15, 0.2) is 68.0 Å². The zero-order valence-electron chi connectivity index (χ0n) is 15.7. The van der Waals surface area contributed by atoms with E-state index < -0.39 is 0 Å². The van der Waals surface area contributed by atoms with E-state index in [0.717, 1.165) is 27.5 Å². The first-order chi connectivity index (χ1) is 14.6. The second-order valence-electron chi connectivity index (χ2n) is 5.96. The van der Waals surface area contributed by atoms with E-state index in [1.807, 2.05) is 53.9 Å². The molecule has 4 rings (SSSR count). The predicted octanol–water partition coefficient (Wildman–Crippen LogP) is 5.36. The van der Waals surface area contributed by atoms with Crippen molar-refractivity contribution in [3.05, 3.63) is 58.4 Å². The lowest BCUT2D eigenvalue weighted by atomic mass is 10.2. The van der Waals surface area contributed by atoms with Crippen LogP contribution in [0.25, 0.3) is 22.7 Å². The van der Waals surface area contributed by atoms with Gasteiger partial charge in [0.05, 0.1) is 24.1 Å². The van der Waals surface area contributed by atoms with E-state index >= 15 is 0 Å². The lowest BCUT2D eigenvalue weighted by Gasteiger charge is -2.03. The van der Waals surface area contributed by atoms with E-state index in [9.17, 15) is 4.79 Å². The molecule has 0 aliphatic carbocycles. The molecule has 0 unspecified atom stereocenters. The Morgan fingerprint density at radius 1 is 1.20 bits per heavy atom. The Balaban J connectivity index is 1.35. The molecule has 0 bridgehead atoms. The molecule has 0 aliphatic rings. The van der Waals surface area contributed by atoms with Crippen LogP contribution in [0.1, 0.15) is 0 Å². The Morgan fingerprint density at radius 3 is 2.80 bits per heavy atom. The van der Waals surface area contributed by atoms with Gasteiger partial charge in [0.25, 0.3) is 11.1 Å². The number of methoxy groups -OCH3 is 1. The summed E-state index contributed by atoms with van der Waals surface area (Å²) in [7, 11) is 1.58. The average molecular weight is 503 g/mol. The number of aromatic nitrogens is 3. The number of thiazole rings is 1. The fourth-order valence-corrected chi connectivity index (χ4v) is 4.13. The van der Waals surface area contributed by atoms with Crippen LogP contribution in [-0.4, -0.2) is 34.0 Å². The van der Waals surface area contributed by atoms with Gasteiger partial charge in [0.2, 0.25) is 5.91 Å². The van der Waals surface area contributed by atoms with Crippen molar-refractivity contribution in [2.75, 3.05) is 18.2 Å². The van der Waals surface area contributed by atoms with Gasteiger partial charge in [0.1, 0.15) is 5.75 Å². The maximum Gasteiger partial charge on any atom is 0.277 e. The molecule has 0 spiro atoms. The molecule has 0 fully saturated rings. The Bertz CT molecular complexity index is 1160. The van der Waals surface area contributed by atoms with Crippen LogP contribution in [0, 0.1) is 0 Å². The number of hydrogen-bond acceptors (Lipinski definition) is 8. The van der Waals surface area contributed by atoms with Gasteiger partial charge in [-0.05, 0) is 24.3 Å². The number of amides is 1. The maximum atomic E-state index is 12.3. The lowest BCUT2D eigenvalue weighted by molar-refractivity contribution is -0.113. The highest BCUT2D eigenvalue weighted by atomic mass is 79.9. The van der Waals surface area contributed by atoms with Crippen LogP contribution in [0.5, 0.6) is 5.75 Å². The van der Waals surface area contributed by atoms with Gasteiger partial charge in [-0.3, -0.25) is 4.79 Å². The summed E-state index contributed by atoms with van der Waals surface area (Å²) in [6.07, 6.45) is 0. The summed E-state index contributed by atoms with van der Waals surface area (Å²) >= 11 is 5.95. The van der Waals surface area contributed by atoms with Crippen molar-refractivity contribution in [3.63, 3.8) is 0 Å². The molecule has 7 nitrogen and oxygen atoms in total. The van der Waals surface area contributed by atoms with Gasteiger partial charge in [0, 0.05) is 15.4 Å². The number of nitrogens with one attached hydrogen (secondary N) is 1. The molecule has 1 amide bonds. The van der Waals surface area contributed by atoms with E-state index in [4.69, 9.17) is 9.15 Å². The minimum atomic E-state index is -0.200. The molecule has 2 aromatic carbocycles. The van der Waals surface area contributed by atoms with E-state index in [-0.39, 0.29) is 11.7 Å². The second-order valence-corrected chi connectivity index (χ2v) is 8.66. The number of anilines is 1. The first-order valence-corrected chi connectivity index (χ1v) is 11.4. The number of carbonyl (C=O) groups excluding carboxylic acids is 1. The molecule has 1 N–H and O–H groups in total. The standard InChI is InChI=1S/C20H15BrN4O3S2/c1-27-16-5-3-2-4-14(16)18-24-25-20(28-18)30-11-17(26)23-19-22-15(10-29-19)12-6-8-13(21)9-7-12/h2-10H,11H2,1H3,(H,22,23,26). The topological polar surface area (TPSA) is 90.1 Å². The second kappa shape index (κ2) is 9.41. The lowest BCUT2D eigenvalue weighted by Crippen LogP contribution is -2.13. The predicted molar refractivity (Wildman–Crippen MR) is 121 cm³/mol. The Hall–Kier alpha value is -2.69. The van der Waals surface area contributed by atoms with Gasteiger partial charge in [-0.25, -0.2) is 4.98 Å². The fourth-order valence-electron chi connectivity index (χ4n) is 2.57. The first-order valence-electron chi connectivity index (χ1n) is 8.73. The third-order valence-electron chi connectivity index (χ3n) is 3.96. The average Bonchev–Trinajstić information content (AvgIpc) is 3.42. The van der Waals surface area contributed by atoms with Crippen molar-refractivity contribution >= 4 is 50.1 Å². The molecule has 0 atom stereocenters. The summed E-state index contributed by atoms with van der Waals surface area (Å²) in [5.41, 5.74) is 2.50. The molecule has 0 saturated carbocycles. The van der Waals surface area contributed by atoms with Crippen molar-refractivity contribution < 1.29 is 13.9 Å². The molecule has 0 saturated heterocycles. The van der Waals surface area contributed by atoms with Gasteiger partial charge in [0.15, 0.2) is 5.13 Å². The molecule has 2 heterocycles. The molecular weight excluding hydrogens is 488 g/mol. The number of nitrogens with zero attached hydrogens (tertiary/aromatic N) is 3. The number of para-hydroxylation sites is 1. The van der Waals surface area contributed by atoms with Gasteiger partial charge in [-0.15, -0.1) is 21.5 Å². The Labute approximate surface area is 189 Å². The van der Waals surface area contributed by atoms with E-state index in [1.54, 1.807) is 7.11 Å².